The molecule has 0 amide bonds. The van der Waals surface area contributed by atoms with Crippen molar-refractivity contribution < 1.29 is 4.74 Å². The molecule has 0 spiro atoms. The molecule has 0 heterocycles. The van der Waals surface area contributed by atoms with Crippen LogP contribution in [0.2, 0.25) is 0 Å². The average Bonchev–Trinajstić information content (AvgIpc) is 2.37. The number of benzene rings is 1. The van der Waals surface area contributed by atoms with Gasteiger partial charge in [0.05, 0.1) is 6.61 Å². The summed E-state index contributed by atoms with van der Waals surface area (Å²) in [4.78, 5) is 2.37. The van der Waals surface area contributed by atoms with E-state index in [1.807, 2.05) is 14.0 Å². The molecule has 0 fully saturated rings. The Kier molecular flexibility index (Phi) is 6.69. The summed E-state index contributed by atoms with van der Waals surface area (Å²) in [5, 5.41) is 3.30. The average molecular weight is 292 g/mol. The monoisotopic (exact) mass is 292 g/mol. The van der Waals surface area contributed by atoms with E-state index >= 15 is 0 Å². The first kappa shape index (κ1) is 18.0. The van der Waals surface area contributed by atoms with Gasteiger partial charge in [0.25, 0.3) is 0 Å². The summed E-state index contributed by atoms with van der Waals surface area (Å²) >= 11 is 0. The summed E-state index contributed by atoms with van der Waals surface area (Å²) < 4.78 is 5.79. The van der Waals surface area contributed by atoms with Crippen molar-refractivity contribution in [1.82, 2.24) is 10.2 Å². The maximum atomic E-state index is 5.79. The number of hydrogen-bond donors (Lipinski definition) is 1. The minimum Gasteiger partial charge on any atom is -0.494 e. The van der Waals surface area contributed by atoms with E-state index < -0.39 is 0 Å². The van der Waals surface area contributed by atoms with Gasteiger partial charge in [0, 0.05) is 24.7 Å². The van der Waals surface area contributed by atoms with Crippen LogP contribution in [0.3, 0.4) is 0 Å². The van der Waals surface area contributed by atoms with Crippen molar-refractivity contribution in [3.8, 4) is 5.75 Å². The Bertz CT molecular complexity index is 437. The fraction of sp³-hybridized carbons (Fsp3) is 0.667. The van der Waals surface area contributed by atoms with Gasteiger partial charge < -0.3 is 15.0 Å². The van der Waals surface area contributed by atoms with E-state index in [2.05, 4.69) is 63.2 Å². The summed E-state index contributed by atoms with van der Waals surface area (Å²) in [6.07, 6.45) is 0. The Hall–Kier alpha value is -1.06. The number of nitrogens with one attached hydrogen (secondary N) is 1. The van der Waals surface area contributed by atoms with Gasteiger partial charge in [-0.2, -0.15) is 0 Å². The first-order valence-corrected chi connectivity index (χ1v) is 7.88. The van der Waals surface area contributed by atoms with Gasteiger partial charge in [-0.05, 0) is 51.1 Å². The Morgan fingerprint density at radius 3 is 2.48 bits per heavy atom. The van der Waals surface area contributed by atoms with Gasteiger partial charge in [0.2, 0.25) is 0 Å². The summed E-state index contributed by atoms with van der Waals surface area (Å²) in [5.41, 5.74) is 2.87. The molecule has 0 saturated carbocycles. The third-order valence-electron chi connectivity index (χ3n) is 3.50. The highest BCUT2D eigenvalue weighted by Gasteiger charge is 2.16. The van der Waals surface area contributed by atoms with Crippen LogP contribution in [0.25, 0.3) is 0 Å². The third kappa shape index (κ3) is 6.06. The highest BCUT2D eigenvalue weighted by atomic mass is 16.5. The van der Waals surface area contributed by atoms with Crippen molar-refractivity contribution in [1.29, 1.82) is 0 Å². The predicted molar refractivity (Wildman–Crippen MR) is 90.9 cm³/mol. The summed E-state index contributed by atoms with van der Waals surface area (Å²) in [6.45, 7) is 13.7. The maximum absolute atomic E-state index is 5.79. The molecule has 1 N–H and O–H groups in total. The van der Waals surface area contributed by atoms with E-state index in [-0.39, 0.29) is 0 Å². The molecule has 1 aromatic carbocycles. The number of hydrogen-bond acceptors (Lipinski definition) is 3. The molecule has 0 saturated heterocycles. The topological polar surface area (TPSA) is 24.5 Å². The molecule has 21 heavy (non-hydrogen) atoms. The summed E-state index contributed by atoms with van der Waals surface area (Å²) in [5.74, 6) is 1.00. The van der Waals surface area contributed by atoms with Crippen LogP contribution < -0.4 is 10.1 Å². The molecule has 0 aromatic heterocycles. The van der Waals surface area contributed by atoms with Crippen LogP contribution in [0.5, 0.6) is 5.75 Å². The third-order valence-corrected chi connectivity index (χ3v) is 3.50. The van der Waals surface area contributed by atoms with Gasteiger partial charge >= 0.3 is 0 Å². The second-order valence-corrected chi connectivity index (χ2v) is 7.04. The van der Waals surface area contributed by atoms with Crippen LogP contribution in [-0.2, 0) is 6.54 Å². The van der Waals surface area contributed by atoms with Gasteiger partial charge in [-0.1, -0.05) is 26.8 Å². The molecular weight excluding hydrogens is 260 g/mol. The fourth-order valence-corrected chi connectivity index (χ4v) is 2.61. The van der Waals surface area contributed by atoms with E-state index in [9.17, 15) is 0 Å². The molecular formula is C18H32N2O. The standard InChI is InChI=1S/C18H32N2O/c1-8-21-17-10-9-15(14(2)19-6)11-16(17)12-20(7)13-18(3,4)5/h9-11,14,19H,8,12-13H2,1-7H3. The summed E-state index contributed by atoms with van der Waals surface area (Å²) in [7, 11) is 4.17. The molecule has 1 unspecified atom stereocenters. The minimum atomic E-state index is 0.302. The number of ether oxygens (including phenoxy) is 1. The lowest BCUT2D eigenvalue weighted by Crippen LogP contribution is -2.29. The molecule has 1 rings (SSSR count). The molecule has 0 aliphatic rings. The molecule has 120 valence electrons. The smallest absolute Gasteiger partial charge is 0.123 e. The van der Waals surface area contributed by atoms with E-state index in [1.54, 1.807) is 0 Å². The largest absolute Gasteiger partial charge is 0.494 e. The quantitative estimate of drug-likeness (QED) is 0.826. The van der Waals surface area contributed by atoms with Crippen molar-refractivity contribution in [2.24, 2.45) is 5.41 Å². The van der Waals surface area contributed by atoms with E-state index in [0.29, 0.717) is 18.1 Å². The number of rotatable bonds is 7. The van der Waals surface area contributed by atoms with Gasteiger partial charge in [-0.15, -0.1) is 0 Å². The van der Waals surface area contributed by atoms with Crippen molar-refractivity contribution in [3.63, 3.8) is 0 Å². The molecule has 3 heteroatoms. The Morgan fingerprint density at radius 2 is 1.95 bits per heavy atom. The maximum Gasteiger partial charge on any atom is 0.123 e. The van der Waals surface area contributed by atoms with Gasteiger partial charge in [-0.25, -0.2) is 0 Å². The van der Waals surface area contributed by atoms with Crippen LogP contribution in [-0.4, -0.2) is 32.1 Å². The van der Waals surface area contributed by atoms with Crippen LogP contribution in [0.15, 0.2) is 18.2 Å². The van der Waals surface area contributed by atoms with Crippen LogP contribution in [0.1, 0.15) is 51.8 Å². The highest BCUT2D eigenvalue weighted by Crippen LogP contribution is 2.26. The van der Waals surface area contributed by atoms with E-state index in [4.69, 9.17) is 4.74 Å². The molecule has 1 aromatic rings. The first-order chi connectivity index (χ1) is 9.76. The molecule has 0 aliphatic heterocycles. The van der Waals surface area contributed by atoms with Gasteiger partial charge in [0.15, 0.2) is 0 Å². The highest BCUT2D eigenvalue weighted by molar-refractivity contribution is 5.38. The second-order valence-electron chi connectivity index (χ2n) is 7.04. The predicted octanol–water partition coefficient (Wildman–Crippen LogP) is 3.84. The second kappa shape index (κ2) is 7.81. The van der Waals surface area contributed by atoms with Crippen LogP contribution in [0.4, 0.5) is 0 Å². The Balaban J connectivity index is 2.95. The fourth-order valence-electron chi connectivity index (χ4n) is 2.61. The zero-order valence-electron chi connectivity index (χ0n) is 14.8. The molecule has 3 nitrogen and oxygen atoms in total. The summed E-state index contributed by atoms with van der Waals surface area (Å²) in [6, 6.07) is 6.88. The lowest BCUT2D eigenvalue weighted by Gasteiger charge is -2.27. The Labute approximate surface area is 130 Å². The van der Waals surface area contributed by atoms with Gasteiger partial charge in [-0.3, -0.25) is 0 Å². The molecule has 0 bridgehead atoms. The number of nitrogens with zero attached hydrogens (tertiary/aromatic N) is 1. The van der Waals surface area contributed by atoms with Crippen LogP contribution in [0, 0.1) is 5.41 Å². The molecule has 1 atom stereocenters. The van der Waals surface area contributed by atoms with Crippen molar-refractivity contribution in [3.05, 3.63) is 29.3 Å². The van der Waals surface area contributed by atoms with Crippen molar-refractivity contribution in [2.45, 2.75) is 47.2 Å². The SMILES string of the molecule is CCOc1ccc(C(C)NC)cc1CN(C)CC(C)(C)C. The van der Waals surface area contributed by atoms with E-state index in [0.717, 1.165) is 18.8 Å². The van der Waals surface area contributed by atoms with E-state index in [1.165, 1.54) is 11.1 Å². The zero-order valence-corrected chi connectivity index (χ0v) is 14.8. The van der Waals surface area contributed by atoms with Crippen LogP contribution >= 0.6 is 0 Å². The molecule has 0 aliphatic carbocycles. The Morgan fingerprint density at radius 1 is 1.29 bits per heavy atom. The first-order valence-electron chi connectivity index (χ1n) is 7.88. The van der Waals surface area contributed by atoms with Gasteiger partial charge in [0.1, 0.15) is 5.75 Å². The molecule has 0 radical (unpaired) electrons. The zero-order chi connectivity index (χ0) is 16.0. The van der Waals surface area contributed by atoms with Crippen molar-refractivity contribution in [2.75, 3.05) is 27.2 Å². The lowest BCUT2D eigenvalue weighted by molar-refractivity contribution is 0.217. The normalized spacial score (nSPS) is 13.5. The minimum absolute atomic E-state index is 0.302. The lowest BCUT2D eigenvalue weighted by atomic mass is 9.96. The van der Waals surface area contributed by atoms with Crippen molar-refractivity contribution >= 4 is 0 Å².